The zero-order valence-electron chi connectivity index (χ0n) is 7.90. The van der Waals surface area contributed by atoms with Gasteiger partial charge in [0.2, 0.25) is 0 Å². The van der Waals surface area contributed by atoms with Crippen LogP contribution < -0.4 is 0 Å². The first-order chi connectivity index (χ1) is 6.65. The molecule has 0 saturated heterocycles. The molecule has 0 heterocycles. The van der Waals surface area contributed by atoms with Crippen molar-refractivity contribution in [2.24, 2.45) is 0 Å². The average molecular weight is 208 g/mol. The Kier molecular flexibility index (Phi) is 3.77. The van der Waals surface area contributed by atoms with Gasteiger partial charge in [-0.15, -0.1) is 12.6 Å². The highest BCUT2D eigenvalue weighted by atomic mass is 32.1. The Labute approximate surface area is 88.7 Å². The number of aliphatic carboxylic acids is 1. The molecule has 74 valence electrons. The van der Waals surface area contributed by atoms with E-state index in [9.17, 15) is 4.79 Å². The number of thiol groups is 1. The summed E-state index contributed by atoms with van der Waals surface area (Å²) in [6.45, 7) is 2.03. The van der Waals surface area contributed by atoms with Gasteiger partial charge >= 0.3 is 5.97 Å². The summed E-state index contributed by atoms with van der Waals surface area (Å²) < 4.78 is 0. The van der Waals surface area contributed by atoms with Crippen LogP contribution >= 0.6 is 12.6 Å². The molecule has 0 fully saturated rings. The zero-order chi connectivity index (χ0) is 10.6. The largest absolute Gasteiger partial charge is 0.478 e. The molecule has 0 atom stereocenters. The molecule has 0 amide bonds. The van der Waals surface area contributed by atoms with Crippen molar-refractivity contribution >= 4 is 23.5 Å². The molecule has 2 nitrogen and oxygen atoms in total. The van der Waals surface area contributed by atoms with E-state index in [2.05, 4.69) is 12.6 Å². The summed E-state index contributed by atoms with van der Waals surface area (Å²) in [7, 11) is 0. The summed E-state index contributed by atoms with van der Waals surface area (Å²) in [6.07, 6.45) is 1.98. The summed E-state index contributed by atoms with van der Waals surface area (Å²) in [5, 5.41) is 8.58. The Morgan fingerprint density at radius 2 is 2.14 bits per heavy atom. The van der Waals surface area contributed by atoms with Crippen LogP contribution in [0.15, 0.2) is 30.3 Å². The molecular weight excluding hydrogens is 196 g/mol. The third kappa shape index (κ3) is 2.64. The highest BCUT2D eigenvalue weighted by Gasteiger charge is 2.03. The Balaban J connectivity index is 3.11. The van der Waals surface area contributed by atoms with E-state index in [1.807, 2.05) is 31.2 Å². The van der Waals surface area contributed by atoms with Crippen molar-refractivity contribution in [1.82, 2.24) is 0 Å². The minimum absolute atomic E-state index is 0.495. The van der Waals surface area contributed by atoms with Crippen LogP contribution in [0.5, 0.6) is 0 Å². The summed E-state index contributed by atoms with van der Waals surface area (Å²) in [4.78, 5) is 11.0. The van der Waals surface area contributed by atoms with Gasteiger partial charge in [0.15, 0.2) is 0 Å². The first-order valence-corrected chi connectivity index (χ1v) is 4.81. The summed E-state index contributed by atoms with van der Waals surface area (Å²) >= 11 is 4.16. The van der Waals surface area contributed by atoms with Crippen LogP contribution in [0.25, 0.3) is 4.91 Å². The molecule has 0 aliphatic heterocycles. The fraction of sp³-hybridized carbons (Fsp3) is 0.182. The van der Waals surface area contributed by atoms with Crippen molar-refractivity contribution in [1.29, 1.82) is 0 Å². The molecule has 0 unspecified atom stereocenters. The van der Waals surface area contributed by atoms with Crippen LogP contribution in [0.3, 0.4) is 0 Å². The maximum absolute atomic E-state index is 10.5. The van der Waals surface area contributed by atoms with E-state index < -0.39 is 5.97 Å². The minimum Gasteiger partial charge on any atom is -0.478 e. The van der Waals surface area contributed by atoms with Crippen molar-refractivity contribution in [3.63, 3.8) is 0 Å². The van der Waals surface area contributed by atoms with Crippen LogP contribution in [-0.2, 0) is 11.2 Å². The standard InChI is InChI=1S/C11H12O2S/c1-2-8-5-3-4-6-9(8)10(14)7-11(12)13/h3-7,14H,2H2,1H3,(H,12,13)/b10-7-. The molecule has 1 rings (SSSR count). The van der Waals surface area contributed by atoms with Crippen molar-refractivity contribution in [3.8, 4) is 0 Å². The molecule has 0 bridgehead atoms. The molecule has 1 aromatic carbocycles. The van der Waals surface area contributed by atoms with Gasteiger partial charge in [-0.3, -0.25) is 0 Å². The number of carboxylic acid groups (broad SMARTS) is 1. The quantitative estimate of drug-likeness (QED) is 0.592. The fourth-order valence-electron chi connectivity index (χ4n) is 1.27. The van der Waals surface area contributed by atoms with Gasteiger partial charge < -0.3 is 5.11 Å². The van der Waals surface area contributed by atoms with Gasteiger partial charge in [-0.05, 0) is 17.5 Å². The second-order valence-corrected chi connectivity index (χ2v) is 3.36. The highest BCUT2D eigenvalue weighted by molar-refractivity contribution is 7.90. The highest BCUT2D eigenvalue weighted by Crippen LogP contribution is 2.22. The number of rotatable bonds is 3. The Morgan fingerprint density at radius 3 is 2.71 bits per heavy atom. The topological polar surface area (TPSA) is 37.3 Å². The summed E-state index contributed by atoms with van der Waals surface area (Å²) in [5.41, 5.74) is 2.00. The van der Waals surface area contributed by atoms with Crippen molar-refractivity contribution in [3.05, 3.63) is 41.5 Å². The number of aryl methyl sites for hydroxylation is 1. The monoisotopic (exact) mass is 208 g/mol. The lowest BCUT2D eigenvalue weighted by molar-refractivity contribution is -0.131. The van der Waals surface area contributed by atoms with Crippen LogP contribution in [0, 0.1) is 0 Å². The van der Waals surface area contributed by atoms with Gasteiger partial charge in [-0.2, -0.15) is 0 Å². The number of hydrogen-bond acceptors (Lipinski definition) is 2. The average Bonchev–Trinajstić information content (AvgIpc) is 2.16. The summed E-state index contributed by atoms with van der Waals surface area (Å²) in [6, 6.07) is 7.66. The molecule has 0 spiro atoms. The Hall–Kier alpha value is -1.22. The Morgan fingerprint density at radius 1 is 1.50 bits per heavy atom. The zero-order valence-corrected chi connectivity index (χ0v) is 8.79. The maximum atomic E-state index is 10.5. The lowest BCUT2D eigenvalue weighted by Gasteiger charge is -2.05. The van der Waals surface area contributed by atoms with Crippen molar-refractivity contribution in [2.45, 2.75) is 13.3 Å². The van der Waals surface area contributed by atoms with Crippen molar-refractivity contribution < 1.29 is 9.90 Å². The molecule has 0 aliphatic carbocycles. The molecule has 14 heavy (non-hydrogen) atoms. The molecule has 0 radical (unpaired) electrons. The lowest BCUT2D eigenvalue weighted by Crippen LogP contribution is -1.92. The van der Waals surface area contributed by atoms with E-state index in [4.69, 9.17) is 5.11 Å². The van der Waals surface area contributed by atoms with Crippen LogP contribution in [-0.4, -0.2) is 11.1 Å². The maximum Gasteiger partial charge on any atom is 0.329 e. The van der Waals surface area contributed by atoms with Gasteiger partial charge in [0.25, 0.3) is 0 Å². The number of carboxylic acids is 1. The predicted octanol–water partition coefficient (Wildman–Crippen LogP) is 2.60. The molecule has 0 saturated carbocycles. The molecular formula is C11H12O2S. The van der Waals surface area contributed by atoms with E-state index in [1.54, 1.807) is 0 Å². The molecule has 1 aromatic rings. The van der Waals surface area contributed by atoms with Crippen LogP contribution in [0.4, 0.5) is 0 Å². The smallest absolute Gasteiger partial charge is 0.329 e. The SMILES string of the molecule is CCc1ccccc1/C(S)=C/C(=O)O. The molecule has 3 heteroatoms. The van der Waals surface area contributed by atoms with Gasteiger partial charge in [-0.1, -0.05) is 31.2 Å². The van der Waals surface area contributed by atoms with Crippen LogP contribution in [0.1, 0.15) is 18.1 Å². The molecule has 1 N–H and O–H groups in total. The normalized spacial score (nSPS) is 11.4. The van der Waals surface area contributed by atoms with Gasteiger partial charge in [-0.25, -0.2) is 4.79 Å². The van der Waals surface area contributed by atoms with Gasteiger partial charge in [0, 0.05) is 11.0 Å². The van der Waals surface area contributed by atoms with Gasteiger partial charge in [0.05, 0.1) is 0 Å². The fourth-order valence-corrected chi connectivity index (χ4v) is 1.60. The van der Waals surface area contributed by atoms with E-state index in [1.165, 1.54) is 0 Å². The van der Waals surface area contributed by atoms with E-state index in [-0.39, 0.29) is 0 Å². The first-order valence-electron chi connectivity index (χ1n) is 4.37. The minimum atomic E-state index is -0.971. The predicted molar refractivity (Wildman–Crippen MR) is 60.4 cm³/mol. The van der Waals surface area contributed by atoms with Gasteiger partial charge in [0.1, 0.15) is 0 Å². The van der Waals surface area contributed by atoms with E-state index in [0.29, 0.717) is 4.91 Å². The third-order valence-corrected chi connectivity index (χ3v) is 2.30. The number of hydrogen-bond donors (Lipinski definition) is 2. The Bertz CT molecular complexity index is 369. The molecule has 0 aliphatic rings. The van der Waals surface area contributed by atoms with Crippen LogP contribution in [0.2, 0.25) is 0 Å². The van der Waals surface area contributed by atoms with E-state index >= 15 is 0 Å². The third-order valence-electron chi connectivity index (χ3n) is 1.93. The number of carbonyl (C=O) groups is 1. The first kappa shape index (κ1) is 10.9. The van der Waals surface area contributed by atoms with E-state index in [0.717, 1.165) is 23.6 Å². The van der Waals surface area contributed by atoms with Crippen molar-refractivity contribution in [2.75, 3.05) is 0 Å². The lowest BCUT2D eigenvalue weighted by atomic mass is 10.0. The number of benzene rings is 1. The second-order valence-electron chi connectivity index (χ2n) is 2.88. The molecule has 0 aromatic heterocycles. The second kappa shape index (κ2) is 4.86. The summed E-state index contributed by atoms with van der Waals surface area (Å²) in [5.74, 6) is -0.971.